The standard InChI is InChI=1S/C13H19N5O3S3Si/c1-25(2,3)21-13(20)10-7(23-6-24-8-4-15-17-16-8)5-22-12-9(14)11(19)18(10)12/h4,9,12H,5-6,14H2,1-3H3,(H,15,16,17)/t9?,12-/m1/s1. The van der Waals surface area contributed by atoms with Gasteiger partial charge in [-0.15, -0.1) is 28.6 Å². The van der Waals surface area contributed by atoms with Gasteiger partial charge in [0.05, 0.1) is 6.20 Å². The van der Waals surface area contributed by atoms with E-state index in [1.165, 1.54) is 28.4 Å². The van der Waals surface area contributed by atoms with Crippen LogP contribution in [0.2, 0.25) is 19.6 Å². The molecule has 0 saturated carbocycles. The van der Waals surface area contributed by atoms with Crippen molar-refractivity contribution >= 4 is 55.5 Å². The Kier molecular flexibility index (Phi) is 5.53. The van der Waals surface area contributed by atoms with Crippen LogP contribution >= 0.6 is 35.3 Å². The Morgan fingerprint density at radius 1 is 1.52 bits per heavy atom. The van der Waals surface area contributed by atoms with Gasteiger partial charge in [-0.1, -0.05) is 17.0 Å². The normalized spacial score (nSPS) is 23.4. The van der Waals surface area contributed by atoms with Gasteiger partial charge in [0.25, 0.3) is 0 Å². The van der Waals surface area contributed by atoms with Crippen molar-refractivity contribution in [3.05, 3.63) is 16.8 Å². The number of carbonyl (C=O) groups is 2. The highest BCUT2D eigenvalue weighted by molar-refractivity contribution is 8.18. The summed E-state index contributed by atoms with van der Waals surface area (Å²) < 4.78 is 5.65. The molecular weight excluding hydrogens is 398 g/mol. The Morgan fingerprint density at radius 2 is 2.28 bits per heavy atom. The number of fused-ring (bicyclic) bond motifs is 1. The van der Waals surface area contributed by atoms with Crippen LogP contribution in [0.3, 0.4) is 0 Å². The number of amides is 1. The second kappa shape index (κ2) is 7.35. The minimum absolute atomic E-state index is 0.175. The molecule has 2 aliphatic heterocycles. The Labute approximate surface area is 159 Å². The number of nitrogens with two attached hydrogens (primary N) is 1. The van der Waals surface area contributed by atoms with Gasteiger partial charge in [0.15, 0.2) is 0 Å². The lowest BCUT2D eigenvalue weighted by Crippen LogP contribution is -2.68. The largest absolute Gasteiger partial charge is 0.515 e. The van der Waals surface area contributed by atoms with Gasteiger partial charge in [-0.25, -0.2) is 4.79 Å². The molecule has 0 aliphatic carbocycles. The summed E-state index contributed by atoms with van der Waals surface area (Å²) in [5.41, 5.74) is 6.24. The smallest absolute Gasteiger partial charge is 0.342 e. The van der Waals surface area contributed by atoms with E-state index >= 15 is 0 Å². The third-order valence-electron chi connectivity index (χ3n) is 3.41. The van der Waals surface area contributed by atoms with Crippen molar-refractivity contribution in [1.29, 1.82) is 0 Å². The molecule has 8 nitrogen and oxygen atoms in total. The number of rotatable bonds is 6. The minimum atomic E-state index is -2.07. The summed E-state index contributed by atoms with van der Waals surface area (Å²) in [6.45, 7) is 5.83. The van der Waals surface area contributed by atoms with Gasteiger partial charge in [-0.05, 0) is 19.6 Å². The van der Waals surface area contributed by atoms with Crippen LogP contribution in [0.4, 0.5) is 0 Å². The van der Waals surface area contributed by atoms with E-state index in [1.807, 2.05) is 19.6 Å². The number of nitrogens with zero attached hydrogens (tertiary/aromatic N) is 3. The van der Waals surface area contributed by atoms with Gasteiger partial charge in [-0.3, -0.25) is 14.8 Å². The number of aromatic amines is 1. The highest BCUT2D eigenvalue weighted by Crippen LogP contribution is 2.44. The minimum Gasteiger partial charge on any atom is -0.515 e. The molecule has 1 unspecified atom stereocenters. The third-order valence-corrected chi connectivity index (χ3v) is 7.83. The third kappa shape index (κ3) is 4.08. The van der Waals surface area contributed by atoms with Crippen molar-refractivity contribution in [3.8, 4) is 0 Å². The number of nitrogens with one attached hydrogen (secondary N) is 1. The second-order valence-electron chi connectivity index (χ2n) is 6.44. The first kappa shape index (κ1) is 18.8. The number of thioether (sulfide) groups is 3. The SMILES string of the molecule is C[Si](C)(C)OC(=O)C1=C(SCSc2cnn[nH]2)CS[C@@H]2C(N)C(=O)N12. The van der Waals surface area contributed by atoms with Crippen molar-refractivity contribution in [2.75, 3.05) is 10.8 Å². The molecule has 2 atom stereocenters. The molecule has 3 rings (SSSR count). The average Bonchev–Trinajstić information content (AvgIpc) is 3.05. The summed E-state index contributed by atoms with van der Waals surface area (Å²) >= 11 is 4.65. The number of hydrogen-bond donors (Lipinski definition) is 2. The fourth-order valence-corrected chi connectivity index (χ4v) is 6.53. The molecule has 0 aromatic carbocycles. The summed E-state index contributed by atoms with van der Waals surface area (Å²) in [4.78, 5) is 27.3. The van der Waals surface area contributed by atoms with Crippen molar-refractivity contribution in [2.24, 2.45) is 5.73 Å². The summed E-state index contributed by atoms with van der Waals surface area (Å²) in [7, 11) is -2.07. The fraction of sp³-hybridized carbons (Fsp3) is 0.538. The number of aromatic nitrogens is 3. The number of β-lactam (4-membered cyclic amide) rings is 1. The summed E-state index contributed by atoms with van der Waals surface area (Å²) in [5, 5.41) is 11.5. The van der Waals surface area contributed by atoms with Crippen LogP contribution in [0.5, 0.6) is 0 Å². The summed E-state index contributed by atoms with van der Waals surface area (Å²) in [6.07, 6.45) is 1.64. The Morgan fingerprint density at radius 3 is 2.92 bits per heavy atom. The lowest BCUT2D eigenvalue weighted by Gasteiger charge is -2.48. The predicted molar refractivity (Wildman–Crippen MR) is 102 cm³/mol. The number of hydrogen-bond acceptors (Lipinski definition) is 9. The van der Waals surface area contributed by atoms with E-state index in [0.29, 0.717) is 16.5 Å². The van der Waals surface area contributed by atoms with Crippen LogP contribution in [0.15, 0.2) is 21.8 Å². The fourth-order valence-electron chi connectivity index (χ4n) is 2.34. The van der Waals surface area contributed by atoms with Crippen LogP contribution in [-0.4, -0.2) is 62.8 Å². The molecule has 1 aromatic rings. The van der Waals surface area contributed by atoms with Gasteiger partial charge in [0, 0.05) is 15.7 Å². The van der Waals surface area contributed by atoms with E-state index < -0.39 is 20.3 Å². The molecule has 1 amide bonds. The molecule has 1 fully saturated rings. The quantitative estimate of drug-likeness (QED) is 0.307. The molecule has 12 heteroatoms. The van der Waals surface area contributed by atoms with Gasteiger partial charge < -0.3 is 10.2 Å². The van der Waals surface area contributed by atoms with E-state index in [9.17, 15) is 9.59 Å². The van der Waals surface area contributed by atoms with Gasteiger partial charge >= 0.3 is 5.97 Å². The van der Waals surface area contributed by atoms with Crippen LogP contribution in [0, 0.1) is 0 Å². The highest BCUT2D eigenvalue weighted by Gasteiger charge is 2.52. The van der Waals surface area contributed by atoms with E-state index in [1.54, 1.807) is 18.0 Å². The first-order valence-corrected chi connectivity index (χ1v) is 14.0. The molecule has 1 saturated heterocycles. The molecule has 0 radical (unpaired) electrons. The van der Waals surface area contributed by atoms with E-state index in [4.69, 9.17) is 10.2 Å². The van der Waals surface area contributed by atoms with Crippen LogP contribution in [-0.2, 0) is 14.0 Å². The Balaban J connectivity index is 1.78. The first-order valence-electron chi connectivity index (χ1n) is 7.56. The van der Waals surface area contributed by atoms with Crippen molar-refractivity contribution in [3.63, 3.8) is 0 Å². The molecule has 25 heavy (non-hydrogen) atoms. The zero-order valence-electron chi connectivity index (χ0n) is 14.0. The highest BCUT2D eigenvalue weighted by atomic mass is 32.2. The zero-order chi connectivity index (χ0) is 18.2. The molecule has 3 heterocycles. The molecule has 3 N–H and O–H groups in total. The Hall–Kier alpha value is -0.953. The molecule has 136 valence electrons. The lowest BCUT2D eigenvalue weighted by atomic mass is 10.1. The van der Waals surface area contributed by atoms with Crippen LogP contribution < -0.4 is 5.73 Å². The van der Waals surface area contributed by atoms with E-state index in [-0.39, 0.29) is 11.3 Å². The molecule has 1 aromatic heterocycles. The zero-order valence-corrected chi connectivity index (χ0v) is 17.5. The maximum absolute atomic E-state index is 12.7. The van der Waals surface area contributed by atoms with Crippen LogP contribution in [0.1, 0.15) is 0 Å². The van der Waals surface area contributed by atoms with Gasteiger partial charge in [-0.2, -0.15) is 0 Å². The summed E-state index contributed by atoms with van der Waals surface area (Å²) in [5.74, 6) is 0.00809. The molecular formula is C13H19N5O3S3Si. The van der Waals surface area contributed by atoms with Crippen molar-refractivity contribution in [2.45, 2.75) is 36.1 Å². The molecule has 2 aliphatic rings. The topological polar surface area (TPSA) is 114 Å². The first-order chi connectivity index (χ1) is 11.8. The number of carbonyl (C=O) groups excluding carboxylic acids is 2. The van der Waals surface area contributed by atoms with E-state index in [0.717, 1.165) is 9.93 Å². The molecule has 0 spiro atoms. The molecule has 0 bridgehead atoms. The summed E-state index contributed by atoms with van der Waals surface area (Å²) in [6, 6.07) is -0.545. The van der Waals surface area contributed by atoms with Crippen molar-refractivity contribution in [1.82, 2.24) is 20.3 Å². The second-order valence-corrected chi connectivity index (χ2v) is 14.4. The lowest BCUT2D eigenvalue weighted by molar-refractivity contribution is -0.147. The Bertz CT molecular complexity index is 706. The average molecular weight is 418 g/mol. The number of H-pyrrole nitrogens is 1. The maximum atomic E-state index is 12.7. The van der Waals surface area contributed by atoms with Gasteiger partial charge in [0.1, 0.15) is 22.1 Å². The van der Waals surface area contributed by atoms with Gasteiger partial charge in [0.2, 0.25) is 14.2 Å². The monoisotopic (exact) mass is 417 g/mol. The van der Waals surface area contributed by atoms with Crippen molar-refractivity contribution < 1.29 is 14.0 Å². The maximum Gasteiger partial charge on any atom is 0.342 e. The predicted octanol–water partition coefficient (Wildman–Crippen LogP) is 1.42. The van der Waals surface area contributed by atoms with E-state index in [2.05, 4.69) is 15.4 Å². The van der Waals surface area contributed by atoms with Crippen LogP contribution in [0.25, 0.3) is 0 Å².